The molecular formula is C13H14ClFO2. The van der Waals surface area contributed by atoms with Crippen LogP contribution >= 0.6 is 11.6 Å². The third-order valence-corrected chi connectivity index (χ3v) is 3.72. The van der Waals surface area contributed by atoms with E-state index in [4.69, 9.17) is 16.3 Å². The van der Waals surface area contributed by atoms with E-state index in [0.29, 0.717) is 12.8 Å². The van der Waals surface area contributed by atoms with Crippen LogP contribution in [0.1, 0.15) is 36.0 Å². The predicted octanol–water partition coefficient (Wildman–Crippen LogP) is 3.62. The largest absolute Gasteiger partial charge is 0.370 e. The Morgan fingerprint density at radius 3 is 2.65 bits per heavy atom. The smallest absolute Gasteiger partial charge is 0.196 e. The molecule has 1 aromatic carbocycles. The zero-order valence-electron chi connectivity index (χ0n) is 9.63. The standard InChI is InChI=1S/C13H14ClFO2/c1-17-13(6-2-3-7-13)12(16)10-8-9(15)4-5-11(10)14/h4-5,8H,2-3,6-7H2,1H3. The van der Waals surface area contributed by atoms with Gasteiger partial charge in [0.25, 0.3) is 0 Å². The van der Waals surface area contributed by atoms with Gasteiger partial charge in [-0.25, -0.2) is 4.39 Å². The zero-order valence-corrected chi connectivity index (χ0v) is 10.4. The number of hydrogen-bond acceptors (Lipinski definition) is 2. The summed E-state index contributed by atoms with van der Waals surface area (Å²) in [6, 6.07) is 3.83. The highest BCUT2D eigenvalue weighted by Crippen LogP contribution is 2.37. The SMILES string of the molecule is COC1(C(=O)c2cc(F)ccc2Cl)CCCC1. The third kappa shape index (κ3) is 2.22. The summed E-state index contributed by atoms with van der Waals surface area (Å²) in [4.78, 5) is 12.4. The lowest BCUT2D eigenvalue weighted by Gasteiger charge is -2.26. The number of carbonyl (C=O) groups is 1. The Morgan fingerprint density at radius 1 is 1.41 bits per heavy atom. The predicted molar refractivity (Wildman–Crippen MR) is 63.9 cm³/mol. The average molecular weight is 257 g/mol. The van der Waals surface area contributed by atoms with Gasteiger partial charge in [-0.15, -0.1) is 0 Å². The Bertz CT molecular complexity index is 439. The van der Waals surface area contributed by atoms with Crippen LogP contribution in [-0.2, 0) is 4.74 Å². The number of rotatable bonds is 3. The second-order valence-corrected chi connectivity index (χ2v) is 4.77. The highest BCUT2D eigenvalue weighted by Gasteiger charge is 2.42. The Labute approximate surface area is 105 Å². The van der Waals surface area contributed by atoms with E-state index in [1.165, 1.54) is 25.3 Å². The van der Waals surface area contributed by atoms with E-state index in [1.807, 2.05) is 0 Å². The van der Waals surface area contributed by atoms with Crippen molar-refractivity contribution in [3.8, 4) is 0 Å². The van der Waals surface area contributed by atoms with Crippen LogP contribution in [0.2, 0.25) is 5.02 Å². The number of methoxy groups -OCH3 is 1. The number of ether oxygens (including phenoxy) is 1. The molecule has 0 amide bonds. The minimum atomic E-state index is -0.808. The van der Waals surface area contributed by atoms with Crippen molar-refractivity contribution in [2.45, 2.75) is 31.3 Å². The molecule has 0 N–H and O–H groups in total. The van der Waals surface area contributed by atoms with E-state index in [-0.39, 0.29) is 16.4 Å². The molecule has 1 saturated carbocycles. The average Bonchev–Trinajstić information content (AvgIpc) is 2.81. The lowest BCUT2D eigenvalue weighted by atomic mass is 9.91. The molecule has 0 heterocycles. The Hall–Kier alpha value is -0.930. The molecule has 17 heavy (non-hydrogen) atoms. The van der Waals surface area contributed by atoms with Crippen molar-refractivity contribution >= 4 is 17.4 Å². The maximum atomic E-state index is 13.2. The lowest BCUT2D eigenvalue weighted by Crippen LogP contribution is -2.38. The summed E-state index contributed by atoms with van der Waals surface area (Å²) in [7, 11) is 1.52. The van der Waals surface area contributed by atoms with Crippen molar-refractivity contribution < 1.29 is 13.9 Å². The van der Waals surface area contributed by atoms with Gasteiger partial charge >= 0.3 is 0 Å². The lowest BCUT2D eigenvalue weighted by molar-refractivity contribution is 0.00601. The third-order valence-electron chi connectivity index (χ3n) is 3.39. The monoisotopic (exact) mass is 256 g/mol. The number of carbonyl (C=O) groups excluding carboxylic acids is 1. The summed E-state index contributed by atoms with van der Waals surface area (Å²) in [5.41, 5.74) is -0.590. The molecule has 2 nitrogen and oxygen atoms in total. The van der Waals surface area contributed by atoms with Crippen LogP contribution in [0.3, 0.4) is 0 Å². The summed E-state index contributed by atoms with van der Waals surface area (Å²) in [5, 5.41) is 0.278. The van der Waals surface area contributed by atoms with Gasteiger partial charge in [0.15, 0.2) is 5.78 Å². The van der Waals surface area contributed by atoms with Crippen molar-refractivity contribution in [2.75, 3.05) is 7.11 Å². The van der Waals surface area contributed by atoms with E-state index >= 15 is 0 Å². The molecule has 1 fully saturated rings. The van der Waals surface area contributed by atoms with Crippen LogP contribution in [0.15, 0.2) is 18.2 Å². The first-order chi connectivity index (χ1) is 8.09. The van der Waals surface area contributed by atoms with Gasteiger partial charge < -0.3 is 4.74 Å². The molecule has 0 unspecified atom stereocenters. The minimum absolute atomic E-state index is 0.206. The summed E-state index contributed by atoms with van der Waals surface area (Å²) in [6.07, 6.45) is 3.25. The van der Waals surface area contributed by atoms with Gasteiger partial charge in [0.05, 0.1) is 5.02 Å². The highest BCUT2D eigenvalue weighted by molar-refractivity contribution is 6.34. The van der Waals surface area contributed by atoms with E-state index in [9.17, 15) is 9.18 Å². The van der Waals surface area contributed by atoms with Gasteiger partial charge in [-0.2, -0.15) is 0 Å². The normalized spacial score (nSPS) is 18.3. The quantitative estimate of drug-likeness (QED) is 0.772. The van der Waals surface area contributed by atoms with Gasteiger partial charge in [-0.1, -0.05) is 11.6 Å². The van der Waals surface area contributed by atoms with Crippen LogP contribution in [-0.4, -0.2) is 18.5 Å². The van der Waals surface area contributed by atoms with Gasteiger partial charge in [0.2, 0.25) is 0 Å². The second-order valence-electron chi connectivity index (χ2n) is 4.36. The van der Waals surface area contributed by atoms with Crippen molar-refractivity contribution in [1.82, 2.24) is 0 Å². The fourth-order valence-electron chi connectivity index (χ4n) is 2.39. The molecule has 0 saturated heterocycles. The number of benzene rings is 1. The molecule has 1 aliphatic carbocycles. The second kappa shape index (κ2) is 4.75. The summed E-state index contributed by atoms with van der Waals surface area (Å²) in [5.74, 6) is -0.663. The fraction of sp³-hybridized carbons (Fsp3) is 0.462. The van der Waals surface area contributed by atoms with Crippen molar-refractivity contribution in [3.63, 3.8) is 0 Å². The maximum Gasteiger partial charge on any atom is 0.196 e. The number of Topliss-reactive ketones (excluding diaryl/α,β-unsaturated/α-hetero) is 1. The molecule has 2 rings (SSSR count). The molecule has 4 heteroatoms. The molecule has 92 valence electrons. The van der Waals surface area contributed by atoms with Gasteiger partial charge in [-0.05, 0) is 43.9 Å². The van der Waals surface area contributed by atoms with Crippen LogP contribution in [0.4, 0.5) is 4.39 Å². The van der Waals surface area contributed by atoms with E-state index in [1.54, 1.807) is 0 Å². The molecule has 1 aliphatic rings. The maximum absolute atomic E-state index is 13.2. The van der Waals surface area contributed by atoms with Crippen molar-refractivity contribution in [2.24, 2.45) is 0 Å². The Morgan fingerprint density at radius 2 is 2.06 bits per heavy atom. The van der Waals surface area contributed by atoms with Crippen LogP contribution in [0.25, 0.3) is 0 Å². The Kier molecular flexibility index (Phi) is 3.50. The minimum Gasteiger partial charge on any atom is -0.370 e. The summed E-state index contributed by atoms with van der Waals surface area (Å²) < 4.78 is 18.6. The summed E-state index contributed by atoms with van der Waals surface area (Å²) in [6.45, 7) is 0. The summed E-state index contributed by atoms with van der Waals surface area (Å²) >= 11 is 5.95. The first-order valence-corrected chi connectivity index (χ1v) is 6.02. The number of halogens is 2. The first-order valence-electron chi connectivity index (χ1n) is 5.64. The van der Waals surface area contributed by atoms with E-state index in [0.717, 1.165) is 12.8 Å². The van der Waals surface area contributed by atoms with E-state index in [2.05, 4.69) is 0 Å². The van der Waals surface area contributed by atoms with Crippen LogP contribution in [0, 0.1) is 5.82 Å². The molecule has 1 aromatic rings. The van der Waals surface area contributed by atoms with Gasteiger partial charge in [0.1, 0.15) is 11.4 Å². The Balaban J connectivity index is 2.39. The zero-order chi connectivity index (χ0) is 12.5. The molecule has 0 atom stereocenters. The fourth-order valence-corrected chi connectivity index (χ4v) is 2.59. The van der Waals surface area contributed by atoms with Gasteiger partial charge in [-0.3, -0.25) is 4.79 Å². The highest BCUT2D eigenvalue weighted by atomic mass is 35.5. The molecule has 0 spiro atoms. The molecule has 0 aliphatic heterocycles. The number of ketones is 1. The van der Waals surface area contributed by atoms with Crippen molar-refractivity contribution in [1.29, 1.82) is 0 Å². The van der Waals surface area contributed by atoms with Gasteiger partial charge in [0, 0.05) is 12.7 Å². The molecule has 0 bridgehead atoms. The number of hydrogen-bond donors (Lipinski definition) is 0. The molecular weight excluding hydrogens is 243 g/mol. The van der Waals surface area contributed by atoms with Crippen LogP contribution in [0.5, 0.6) is 0 Å². The van der Waals surface area contributed by atoms with E-state index < -0.39 is 11.4 Å². The van der Waals surface area contributed by atoms with Crippen LogP contribution < -0.4 is 0 Å². The molecule has 0 aromatic heterocycles. The first kappa shape index (κ1) is 12.5. The topological polar surface area (TPSA) is 26.3 Å². The molecule has 0 radical (unpaired) electrons. The van der Waals surface area contributed by atoms with Crippen molar-refractivity contribution in [3.05, 3.63) is 34.6 Å².